The van der Waals surface area contributed by atoms with E-state index in [4.69, 9.17) is 10.3 Å². The van der Waals surface area contributed by atoms with Crippen molar-refractivity contribution in [3.8, 4) is 11.4 Å². The average Bonchev–Trinajstić information content (AvgIpc) is 2.87. The molecule has 0 bridgehead atoms. The van der Waals surface area contributed by atoms with Crippen LogP contribution >= 0.6 is 0 Å². The van der Waals surface area contributed by atoms with Crippen LogP contribution in [0.2, 0.25) is 0 Å². The van der Waals surface area contributed by atoms with Gasteiger partial charge in [0.1, 0.15) is 6.04 Å². The van der Waals surface area contributed by atoms with Crippen LogP contribution in [0.1, 0.15) is 18.9 Å². The SMILES string of the molecule is CC(O)C(N)c1nc(-c2cccc([N+](=O)[O-])c2)no1. The third-order valence-electron chi connectivity index (χ3n) is 2.56. The lowest BCUT2D eigenvalue weighted by atomic mass is 10.2. The van der Waals surface area contributed by atoms with Crippen LogP contribution in [0.15, 0.2) is 28.8 Å². The number of aromatic nitrogens is 2. The first-order valence-electron chi connectivity index (χ1n) is 5.51. The Bertz CT molecular complexity index is 596. The Labute approximate surface area is 108 Å². The van der Waals surface area contributed by atoms with E-state index in [1.807, 2.05) is 0 Å². The lowest BCUT2D eigenvalue weighted by Gasteiger charge is -2.08. The number of non-ortho nitro benzene ring substituents is 1. The van der Waals surface area contributed by atoms with E-state index in [9.17, 15) is 15.2 Å². The van der Waals surface area contributed by atoms with Crippen molar-refractivity contribution < 1.29 is 14.6 Å². The second-order valence-corrected chi connectivity index (χ2v) is 4.03. The topological polar surface area (TPSA) is 128 Å². The van der Waals surface area contributed by atoms with Crippen molar-refractivity contribution in [2.24, 2.45) is 5.73 Å². The van der Waals surface area contributed by atoms with E-state index in [0.717, 1.165) is 0 Å². The summed E-state index contributed by atoms with van der Waals surface area (Å²) in [6.45, 7) is 1.50. The van der Waals surface area contributed by atoms with Crippen LogP contribution in [0.5, 0.6) is 0 Å². The molecule has 2 atom stereocenters. The summed E-state index contributed by atoms with van der Waals surface area (Å²) >= 11 is 0. The fraction of sp³-hybridized carbons (Fsp3) is 0.273. The van der Waals surface area contributed by atoms with Gasteiger partial charge >= 0.3 is 0 Å². The van der Waals surface area contributed by atoms with Crippen LogP contribution in [-0.4, -0.2) is 26.3 Å². The van der Waals surface area contributed by atoms with Crippen molar-refractivity contribution in [2.75, 3.05) is 0 Å². The monoisotopic (exact) mass is 264 g/mol. The molecule has 8 nitrogen and oxygen atoms in total. The zero-order valence-corrected chi connectivity index (χ0v) is 10.1. The molecule has 2 aromatic rings. The van der Waals surface area contributed by atoms with Crippen molar-refractivity contribution in [3.63, 3.8) is 0 Å². The van der Waals surface area contributed by atoms with Gasteiger partial charge < -0.3 is 15.4 Å². The van der Waals surface area contributed by atoms with Crippen molar-refractivity contribution >= 4 is 5.69 Å². The molecule has 8 heteroatoms. The molecular formula is C11H12N4O4. The number of aliphatic hydroxyl groups is 1. The number of hydrogen-bond donors (Lipinski definition) is 2. The number of nitrogens with zero attached hydrogens (tertiary/aromatic N) is 3. The van der Waals surface area contributed by atoms with Crippen LogP contribution < -0.4 is 5.73 Å². The zero-order chi connectivity index (χ0) is 14.0. The fourth-order valence-corrected chi connectivity index (χ4v) is 1.45. The minimum atomic E-state index is -0.835. The summed E-state index contributed by atoms with van der Waals surface area (Å²) in [5.74, 6) is 0.270. The third kappa shape index (κ3) is 2.75. The van der Waals surface area contributed by atoms with Crippen molar-refractivity contribution in [3.05, 3.63) is 40.3 Å². The Morgan fingerprint density at radius 2 is 2.26 bits per heavy atom. The highest BCUT2D eigenvalue weighted by Gasteiger charge is 2.20. The second-order valence-electron chi connectivity index (χ2n) is 4.03. The summed E-state index contributed by atoms with van der Waals surface area (Å²) in [6, 6.07) is 5.06. The van der Waals surface area contributed by atoms with E-state index in [-0.39, 0.29) is 17.4 Å². The predicted octanol–water partition coefficient (Wildman–Crippen LogP) is 1.03. The van der Waals surface area contributed by atoms with Crippen LogP contribution in [0.4, 0.5) is 5.69 Å². The summed E-state index contributed by atoms with van der Waals surface area (Å²) in [5, 5.41) is 23.7. The zero-order valence-electron chi connectivity index (χ0n) is 10.1. The van der Waals surface area contributed by atoms with Crippen LogP contribution in [-0.2, 0) is 0 Å². The highest BCUT2D eigenvalue weighted by molar-refractivity contribution is 5.58. The van der Waals surface area contributed by atoms with Crippen molar-refractivity contribution in [1.82, 2.24) is 10.1 Å². The molecule has 0 fully saturated rings. The molecule has 0 aliphatic heterocycles. The fourth-order valence-electron chi connectivity index (χ4n) is 1.45. The molecule has 1 aromatic carbocycles. The Balaban J connectivity index is 2.33. The number of hydrogen-bond acceptors (Lipinski definition) is 7. The molecule has 19 heavy (non-hydrogen) atoms. The molecule has 0 saturated carbocycles. The molecule has 0 radical (unpaired) electrons. The maximum Gasteiger partial charge on any atom is 0.270 e. The minimum absolute atomic E-state index is 0.0660. The molecule has 1 heterocycles. The summed E-state index contributed by atoms with van der Waals surface area (Å²) in [7, 11) is 0. The molecule has 0 aliphatic rings. The largest absolute Gasteiger partial charge is 0.391 e. The van der Waals surface area contributed by atoms with E-state index in [1.54, 1.807) is 6.07 Å². The van der Waals surface area contributed by atoms with Gasteiger partial charge in [0.25, 0.3) is 5.69 Å². The van der Waals surface area contributed by atoms with Crippen LogP contribution in [0.25, 0.3) is 11.4 Å². The van der Waals surface area contributed by atoms with Gasteiger partial charge in [0, 0.05) is 17.7 Å². The quantitative estimate of drug-likeness (QED) is 0.623. The maximum atomic E-state index is 10.7. The Kier molecular flexibility index (Phi) is 3.54. The lowest BCUT2D eigenvalue weighted by Crippen LogP contribution is -2.23. The van der Waals surface area contributed by atoms with Gasteiger partial charge in [-0.05, 0) is 6.92 Å². The van der Waals surface area contributed by atoms with Gasteiger partial charge in [0.15, 0.2) is 0 Å². The number of aliphatic hydroxyl groups excluding tert-OH is 1. The molecule has 0 aliphatic carbocycles. The van der Waals surface area contributed by atoms with E-state index in [1.165, 1.54) is 25.1 Å². The third-order valence-corrected chi connectivity index (χ3v) is 2.56. The first-order valence-corrected chi connectivity index (χ1v) is 5.51. The van der Waals surface area contributed by atoms with Gasteiger partial charge in [0.05, 0.1) is 11.0 Å². The maximum absolute atomic E-state index is 10.7. The van der Waals surface area contributed by atoms with Gasteiger partial charge in [-0.15, -0.1) is 0 Å². The molecular weight excluding hydrogens is 252 g/mol. The van der Waals surface area contributed by atoms with E-state index in [0.29, 0.717) is 5.56 Å². The Morgan fingerprint density at radius 1 is 1.53 bits per heavy atom. The molecule has 1 aromatic heterocycles. The number of nitrogens with two attached hydrogens (primary N) is 1. The van der Waals surface area contributed by atoms with Gasteiger partial charge in [-0.1, -0.05) is 17.3 Å². The van der Waals surface area contributed by atoms with E-state index >= 15 is 0 Å². The average molecular weight is 264 g/mol. The molecule has 2 unspecified atom stereocenters. The van der Waals surface area contributed by atoms with Crippen LogP contribution in [0.3, 0.4) is 0 Å². The molecule has 0 spiro atoms. The minimum Gasteiger partial charge on any atom is -0.391 e. The predicted molar refractivity (Wildman–Crippen MR) is 65.0 cm³/mol. The summed E-state index contributed by atoms with van der Waals surface area (Å²) in [4.78, 5) is 14.2. The van der Waals surface area contributed by atoms with Gasteiger partial charge in [-0.25, -0.2) is 0 Å². The molecule has 3 N–H and O–H groups in total. The van der Waals surface area contributed by atoms with Gasteiger partial charge in [-0.3, -0.25) is 10.1 Å². The highest BCUT2D eigenvalue weighted by atomic mass is 16.6. The standard InChI is InChI=1S/C11H12N4O4/c1-6(16)9(12)11-13-10(14-19-11)7-3-2-4-8(5-7)15(17)18/h2-6,9,16H,12H2,1H3. The molecule has 0 amide bonds. The van der Waals surface area contributed by atoms with E-state index in [2.05, 4.69) is 10.1 Å². The van der Waals surface area contributed by atoms with Crippen LogP contribution in [0, 0.1) is 10.1 Å². The number of nitro benzene ring substituents is 1. The summed E-state index contributed by atoms with van der Waals surface area (Å²) in [6.07, 6.45) is -0.835. The first kappa shape index (κ1) is 13.1. The molecule has 2 rings (SSSR count). The number of benzene rings is 1. The summed E-state index contributed by atoms with van der Waals surface area (Å²) < 4.78 is 4.93. The van der Waals surface area contributed by atoms with Gasteiger partial charge in [0.2, 0.25) is 11.7 Å². The number of nitro groups is 1. The molecule has 100 valence electrons. The lowest BCUT2D eigenvalue weighted by molar-refractivity contribution is -0.384. The number of rotatable bonds is 4. The Morgan fingerprint density at radius 3 is 2.89 bits per heavy atom. The first-order chi connectivity index (χ1) is 8.99. The highest BCUT2D eigenvalue weighted by Crippen LogP contribution is 2.23. The molecule has 0 saturated heterocycles. The van der Waals surface area contributed by atoms with Crippen molar-refractivity contribution in [1.29, 1.82) is 0 Å². The summed E-state index contributed by atoms with van der Waals surface area (Å²) in [5.41, 5.74) is 6.03. The normalized spacial score (nSPS) is 14.1. The Hall–Kier alpha value is -2.32. The van der Waals surface area contributed by atoms with Crippen molar-refractivity contribution in [2.45, 2.75) is 19.1 Å². The smallest absolute Gasteiger partial charge is 0.270 e. The van der Waals surface area contributed by atoms with E-state index < -0.39 is 17.1 Å². The van der Waals surface area contributed by atoms with Gasteiger partial charge in [-0.2, -0.15) is 4.98 Å². The second kappa shape index (κ2) is 5.12.